The standard InChI is InChI=1S/C25H30FN3O4S/c26-20-14-12-18(13-15-20)24(30)27-22-10-4-5-11-23(22)28-25(31)19-7-6-16-29(17-19)34(32,33)21-8-2-1-3-9-21/h1-3,8-9,12-15,19,22-23H,4-7,10-11,16-17H2,(H,27,30)(H,28,31)/t19?,22-,23?/m1/s1. The van der Waals surface area contributed by atoms with Crippen LogP contribution in [0.3, 0.4) is 0 Å². The smallest absolute Gasteiger partial charge is 0.251 e. The van der Waals surface area contributed by atoms with E-state index in [1.807, 2.05) is 0 Å². The average Bonchev–Trinajstić information content (AvgIpc) is 2.86. The summed E-state index contributed by atoms with van der Waals surface area (Å²) in [5, 5.41) is 6.07. The molecule has 0 radical (unpaired) electrons. The fourth-order valence-electron chi connectivity index (χ4n) is 4.75. The molecule has 4 rings (SSSR count). The van der Waals surface area contributed by atoms with Crippen LogP contribution in [0.15, 0.2) is 59.5 Å². The van der Waals surface area contributed by atoms with Crippen LogP contribution in [-0.4, -0.2) is 49.7 Å². The average molecular weight is 488 g/mol. The monoisotopic (exact) mass is 487 g/mol. The number of benzene rings is 2. The molecule has 0 bridgehead atoms. The van der Waals surface area contributed by atoms with Gasteiger partial charge in [-0.05, 0) is 62.1 Å². The van der Waals surface area contributed by atoms with E-state index in [4.69, 9.17) is 0 Å². The summed E-state index contributed by atoms with van der Waals surface area (Å²) in [5.74, 6) is -1.33. The molecule has 2 aliphatic rings. The number of nitrogens with one attached hydrogen (secondary N) is 2. The molecule has 1 heterocycles. The highest BCUT2D eigenvalue weighted by atomic mass is 32.2. The molecule has 2 aromatic rings. The highest BCUT2D eigenvalue weighted by Crippen LogP contribution is 2.25. The van der Waals surface area contributed by atoms with Crippen LogP contribution in [0.1, 0.15) is 48.9 Å². The molecule has 2 unspecified atom stereocenters. The number of hydrogen-bond donors (Lipinski definition) is 2. The third-order valence-corrected chi connectivity index (χ3v) is 8.53. The highest BCUT2D eigenvalue weighted by molar-refractivity contribution is 7.89. The van der Waals surface area contributed by atoms with Gasteiger partial charge in [0.15, 0.2) is 0 Å². The van der Waals surface area contributed by atoms with Crippen molar-refractivity contribution in [1.82, 2.24) is 14.9 Å². The maximum atomic E-state index is 13.2. The van der Waals surface area contributed by atoms with E-state index in [1.54, 1.807) is 30.3 Å². The topological polar surface area (TPSA) is 95.6 Å². The van der Waals surface area contributed by atoms with Gasteiger partial charge in [0.1, 0.15) is 5.82 Å². The van der Waals surface area contributed by atoms with Crippen molar-refractivity contribution >= 4 is 21.8 Å². The first-order valence-corrected chi connectivity index (χ1v) is 13.2. The van der Waals surface area contributed by atoms with Crippen LogP contribution in [0, 0.1) is 11.7 Å². The largest absolute Gasteiger partial charge is 0.351 e. The van der Waals surface area contributed by atoms with Crippen molar-refractivity contribution in [3.8, 4) is 0 Å². The van der Waals surface area contributed by atoms with Crippen molar-refractivity contribution in [3.63, 3.8) is 0 Å². The summed E-state index contributed by atoms with van der Waals surface area (Å²) >= 11 is 0. The molecule has 3 atom stereocenters. The van der Waals surface area contributed by atoms with E-state index < -0.39 is 21.8 Å². The fraction of sp³-hybridized carbons (Fsp3) is 0.440. The van der Waals surface area contributed by atoms with Gasteiger partial charge in [-0.3, -0.25) is 9.59 Å². The molecule has 1 saturated heterocycles. The van der Waals surface area contributed by atoms with Gasteiger partial charge in [-0.25, -0.2) is 12.8 Å². The number of hydrogen-bond acceptors (Lipinski definition) is 4. The molecule has 7 nitrogen and oxygen atoms in total. The molecule has 2 fully saturated rings. The first kappa shape index (κ1) is 24.3. The van der Waals surface area contributed by atoms with Gasteiger partial charge in [-0.2, -0.15) is 4.31 Å². The van der Waals surface area contributed by atoms with Crippen molar-refractivity contribution in [2.45, 2.75) is 55.5 Å². The van der Waals surface area contributed by atoms with Crippen molar-refractivity contribution in [1.29, 1.82) is 0 Å². The summed E-state index contributed by atoms with van der Waals surface area (Å²) < 4.78 is 40.6. The Balaban J connectivity index is 1.39. The summed E-state index contributed by atoms with van der Waals surface area (Å²) in [6.07, 6.45) is 4.57. The van der Waals surface area contributed by atoms with Crippen LogP contribution < -0.4 is 10.6 Å². The van der Waals surface area contributed by atoms with Gasteiger partial charge >= 0.3 is 0 Å². The lowest BCUT2D eigenvalue weighted by molar-refractivity contribution is -0.127. The van der Waals surface area contributed by atoms with Gasteiger partial charge in [0.05, 0.1) is 10.8 Å². The third kappa shape index (κ3) is 5.64. The molecule has 1 saturated carbocycles. The highest BCUT2D eigenvalue weighted by Gasteiger charge is 2.35. The van der Waals surface area contributed by atoms with Crippen molar-refractivity contribution in [2.24, 2.45) is 5.92 Å². The second-order valence-electron chi connectivity index (χ2n) is 9.00. The number of sulfonamides is 1. The molecule has 0 aromatic heterocycles. The second kappa shape index (κ2) is 10.7. The number of carbonyl (C=O) groups is 2. The van der Waals surface area contributed by atoms with E-state index >= 15 is 0 Å². The Kier molecular flexibility index (Phi) is 7.63. The van der Waals surface area contributed by atoms with E-state index in [0.717, 1.165) is 25.7 Å². The zero-order valence-corrected chi connectivity index (χ0v) is 19.8. The number of amides is 2. The molecular formula is C25H30FN3O4S. The Morgan fingerprint density at radius 2 is 1.50 bits per heavy atom. The van der Waals surface area contributed by atoms with E-state index in [1.165, 1.54) is 28.6 Å². The zero-order chi connectivity index (χ0) is 24.1. The second-order valence-corrected chi connectivity index (χ2v) is 10.9. The fourth-order valence-corrected chi connectivity index (χ4v) is 6.29. The number of halogens is 1. The van der Waals surface area contributed by atoms with E-state index in [9.17, 15) is 22.4 Å². The quantitative estimate of drug-likeness (QED) is 0.655. The summed E-state index contributed by atoms with van der Waals surface area (Å²) in [5.41, 5.74) is 0.367. The van der Waals surface area contributed by atoms with Crippen LogP contribution >= 0.6 is 0 Å². The van der Waals surface area contributed by atoms with Crippen molar-refractivity contribution in [2.75, 3.05) is 13.1 Å². The third-order valence-electron chi connectivity index (χ3n) is 6.65. The number of nitrogens with zero attached hydrogens (tertiary/aromatic N) is 1. The Hall–Kier alpha value is -2.78. The maximum Gasteiger partial charge on any atom is 0.251 e. The van der Waals surface area contributed by atoms with Crippen LogP contribution in [0.4, 0.5) is 4.39 Å². The van der Waals surface area contributed by atoms with Gasteiger partial charge in [0.25, 0.3) is 5.91 Å². The predicted molar refractivity (Wildman–Crippen MR) is 126 cm³/mol. The van der Waals surface area contributed by atoms with E-state index in [2.05, 4.69) is 10.6 Å². The molecule has 2 aromatic carbocycles. The summed E-state index contributed by atoms with van der Waals surface area (Å²) in [4.78, 5) is 26.0. The molecule has 2 N–H and O–H groups in total. The van der Waals surface area contributed by atoms with Gasteiger partial charge < -0.3 is 10.6 Å². The number of carbonyl (C=O) groups excluding carboxylic acids is 2. The van der Waals surface area contributed by atoms with Crippen LogP contribution in [0.2, 0.25) is 0 Å². The Morgan fingerprint density at radius 1 is 0.853 bits per heavy atom. The van der Waals surface area contributed by atoms with Crippen molar-refractivity contribution < 1.29 is 22.4 Å². The summed E-state index contributed by atoms with van der Waals surface area (Å²) in [6.45, 7) is 0.531. The van der Waals surface area contributed by atoms with Gasteiger partial charge in [-0.1, -0.05) is 31.0 Å². The summed E-state index contributed by atoms with van der Waals surface area (Å²) in [6, 6.07) is 13.2. The van der Waals surface area contributed by atoms with Crippen LogP contribution in [0.5, 0.6) is 0 Å². The molecule has 182 valence electrons. The predicted octanol–water partition coefficient (Wildman–Crippen LogP) is 3.08. The SMILES string of the molecule is O=C(N[C@@H]1CCCCC1NC(=O)C1CCCN(S(=O)(=O)c2ccccc2)C1)c1ccc(F)cc1. The molecule has 9 heteroatoms. The molecule has 1 aliphatic carbocycles. The van der Waals surface area contributed by atoms with E-state index in [-0.39, 0.29) is 35.3 Å². The van der Waals surface area contributed by atoms with Crippen molar-refractivity contribution in [3.05, 3.63) is 66.0 Å². The Labute approximate surface area is 199 Å². The lowest BCUT2D eigenvalue weighted by Crippen LogP contribution is -2.55. The van der Waals surface area contributed by atoms with Crippen LogP contribution in [0.25, 0.3) is 0 Å². The minimum absolute atomic E-state index is 0.141. The maximum absolute atomic E-state index is 13.2. The lowest BCUT2D eigenvalue weighted by Gasteiger charge is -2.36. The molecule has 2 amide bonds. The molecular weight excluding hydrogens is 457 g/mol. The van der Waals surface area contributed by atoms with Crippen LogP contribution in [-0.2, 0) is 14.8 Å². The Morgan fingerprint density at radius 3 is 2.18 bits per heavy atom. The van der Waals surface area contributed by atoms with E-state index in [0.29, 0.717) is 24.9 Å². The summed E-state index contributed by atoms with van der Waals surface area (Å²) in [7, 11) is -3.65. The lowest BCUT2D eigenvalue weighted by atomic mass is 9.89. The molecule has 34 heavy (non-hydrogen) atoms. The first-order valence-electron chi connectivity index (χ1n) is 11.8. The normalized spacial score (nSPS) is 23.7. The van der Waals surface area contributed by atoms with Gasteiger partial charge in [-0.15, -0.1) is 0 Å². The Bertz CT molecular complexity index is 1110. The number of rotatable bonds is 6. The van der Waals surface area contributed by atoms with Gasteiger partial charge in [0.2, 0.25) is 15.9 Å². The molecule has 1 aliphatic heterocycles. The molecule has 0 spiro atoms. The minimum atomic E-state index is -3.65. The first-order chi connectivity index (χ1) is 16.3. The van der Waals surface area contributed by atoms with Gasteiger partial charge in [0, 0.05) is 30.7 Å². The number of piperidine rings is 1. The zero-order valence-electron chi connectivity index (χ0n) is 19.0. The minimum Gasteiger partial charge on any atom is -0.351 e.